The minimum atomic E-state index is -0.452. The number of hydrogen-bond donors (Lipinski definition) is 2. The fourth-order valence-corrected chi connectivity index (χ4v) is 3.15. The number of nitrogens with one attached hydrogen (secondary N) is 1. The van der Waals surface area contributed by atoms with Gasteiger partial charge in [-0.05, 0) is 66.8 Å². The predicted octanol–water partition coefficient (Wildman–Crippen LogP) is 2.15. The average Bonchev–Trinajstić information content (AvgIpc) is 2.82. The number of rotatable bonds is 1. The minimum Gasteiger partial charge on any atom is -0.351 e. The van der Waals surface area contributed by atoms with Gasteiger partial charge in [-0.25, -0.2) is 4.79 Å². The molecule has 0 atom stereocenters. The molecule has 0 bridgehead atoms. The van der Waals surface area contributed by atoms with Crippen molar-refractivity contribution in [1.82, 2.24) is 0 Å². The van der Waals surface area contributed by atoms with E-state index >= 15 is 0 Å². The Balaban J connectivity index is 2.12. The Morgan fingerprint density at radius 1 is 1.06 bits per heavy atom. The van der Waals surface area contributed by atoms with Crippen LogP contribution in [0.4, 0.5) is 10.5 Å². The largest absolute Gasteiger partial charge is 0.351 e. The maximum Gasteiger partial charge on any atom is 0.316 e. The second-order valence-corrected chi connectivity index (χ2v) is 4.72. The third kappa shape index (κ3) is 1.39. The Hall–Kier alpha value is -1.51. The van der Waals surface area contributed by atoms with Crippen LogP contribution in [0.2, 0.25) is 0 Å². The van der Waals surface area contributed by atoms with Crippen molar-refractivity contribution in [2.75, 3.05) is 5.32 Å². The number of aryl methyl sites for hydroxylation is 1. The number of carbonyl (C=O) groups excluding carboxylic acids is 1. The van der Waals surface area contributed by atoms with Crippen LogP contribution in [0.3, 0.4) is 0 Å². The maximum atomic E-state index is 11.0. The lowest BCUT2D eigenvalue weighted by Crippen LogP contribution is -2.20. The Morgan fingerprint density at radius 2 is 1.75 bits per heavy atom. The summed E-state index contributed by atoms with van der Waals surface area (Å²) in [4.78, 5) is 11.0. The molecule has 0 heterocycles. The van der Waals surface area contributed by atoms with Crippen molar-refractivity contribution in [3.63, 3.8) is 0 Å². The van der Waals surface area contributed by atoms with Crippen LogP contribution in [0.15, 0.2) is 6.07 Å². The first kappa shape index (κ1) is 9.70. The highest BCUT2D eigenvalue weighted by molar-refractivity contribution is 5.89. The zero-order valence-electron chi connectivity index (χ0n) is 9.31. The summed E-state index contributed by atoms with van der Waals surface area (Å²) in [5, 5.41) is 2.77. The number of nitrogens with two attached hydrogens (primary N) is 1. The van der Waals surface area contributed by atoms with E-state index in [1.165, 1.54) is 42.4 Å². The van der Waals surface area contributed by atoms with Crippen LogP contribution in [0.25, 0.3) is 0 Å². The molecule has 0 saturated heterocycles. The smallest absolute Gasteiger partial charge is 0.316 e. The van der Waals surface area contributed by atoms with Crippen molar-refractivity contribution in [3.05, 3.63) is 28.3 Å². The van der Waals surface area contributed by atoms with Gasteiger partial charge in [-0.3, -0.25) is 0 Å². The van der Waals surface area contributed by atoms with Gasteiger partial charge in [0.05, 0.1) is 0 Å². The highest BCUT2D eigenvalue weighted by Gasteiger charge is 2.24. The second kappa shape index (κ2) is 3.51. The van der Waals surface area contributed by atoms with Crippen LogP contribution in [-0.4, -0.2) is 6.03 Å². The van der Waals surface area contributed by atoms with Crippen molar-refractivity contribution >= 4 is 11.7 Å². The molecular formula is C13H16N2O. The lowest BCUT2D eigenvalue weighted by molar-refractivity contribution is 0.259. The van der Waals surface area contributed by atoms with Crippen LogP contribution >= 0.6 is 0 Å². The molecule has 0 radical (unpaired) electrons. The van der Waals surface area contributed by atoms with Gasteiger partial charge in [0.25, 0.3) is 0 Å². The molecule has 3 heteroatoms. The maximum absolute atomic E-state index is 11.0. The van der Waals surface area contributed by atoms with Gasteiger partial charge in [-0.15, -0.1) is 0 Å². The zero-order chi connectivity index (χ0) is 11.1. The molecule has 0 unspecified atom stereocenters. The van der Waals surface area contributed by atoms with Gasteiger partial charge in [-0.2, -0.15) is 0 Å². The third-order valence-corrected chi connectivity index (χ3v) is 3.74. The standard InChI is InChI=1S/C13H16N2O/c14-13(16)15-12-7-8-3-1-4-9(8)10-5-2-6-11(10)12/h7H,1-6H2,(H3,14,15,16). The quantitative estimate of drug-likeness (QED) is 0.742. The van der Waals surface area contributed by atoms with E-state index < -0.39 is 6.03 Å². The fourth-order valence-electron chi connectivity index (χ4n) is 3.15. The first-order valence-electron chi connectivity index (χ1n) is 5.98. The predicted molar refractivity (Wildman–Crippen MR) is 63.7 cm³/mol. The summed E-state index contributed by atoms with van der Waals surface area (Å²) in [6, 6.07) is 1.68. The number of fused-ring (bicyclic) bond motifs is 3. The lowest BCUT2D eigenvalue weighted by Gasteiger charge is -2.13. The molecule has 3 nitrogen and oxygen atoms in total. The molecule has 16 heavy (non-hydrogen) atoms. The van der Waals surface area contributed by atoms with Gasteiger partial charge in [0, 0.05) is 5.69 Å². The number of urea groups is 1. The van der Waals surface area contributed by atoms with Crippen LogP contribution < -0.4 is 11.1 Å². The van der Waals surface area contributed by atoms with E-state index in [9.17, 15) is 4.79 Å². The Bertz CT molecular complexity index is 465. The number of hydrogen-bond acceptors (Lipinski definition) is 1. The molecule has 2 amide bonds. The SMILES string of the molecule is NC(=O)Nc1cc2c(c3c1CCC3)CCC2. The molecule has 0 aliphatic heterocycles. The van der Waals surface area contributed by atoms with Gasteiger partial charge in [0.2, 0.25) is 0 Å². The molecule has 1 aromatic rings. The zero-order valence-corrected chi connectivity index (χ0v) is 9.31. The molecule has 2 aliphatic rings. The Labute approximate surface area is 95.0 Å². The number of primary amides is 1. The average molecular weight is 216 g/mol. The fraction of sp³-hybridized carbons (Fsp3) is 0.462. The highest BCUT2D eigenvalue weighted by Crippen LogP contribution is 2.37. The molecule has 0 fully saturated rings. The van der Waals surface area contributed by atoms with Crippen LogP contribution in [0.5, 0.6) is 0 Å². The lowest BCUT2D eigenvalue weighted by atomic mass is 9.98. The molecule has 1 aromatic carbocycles. The molecule has 3 rings (SSSR count). The summed E-state index contributed by atoms with van der Waals surface area (Å²) in [6.45, 7) is 0. The van der Waals surface area contributed by atoms with Gasteiger partial charge >= 0.3 is 6.03 Å². The molecule has 3 N–H and O–H groups in total. The molecule has 84 valence electrons. The molecular weight excluding hydrogens is 200 g/mol. The minimum absolute atomic E-state index is 0.452. The van der Waals surface area contributed by atoms with E-state index in [0.29, 0.717) is 0 Å². The number of anilines is 1. The first-order chi connectivity index (χ1) is 7.75. The van der Waals surface area contributed by atoms with Gasteiger partial charge in [0.15, 0.2) is 0 Å². The molecule has 0 spiro atoms. The van der Waals surface area contributed by atoms with Crippen molar-refractivity contribution in [1.29, 1.82) is 0 Å². The summed E-state index contributed by atoms with van der Waals surface area (Å²) in [5.74, 6) is 0. The summed E-state index contributed by atoms with van der Waals surface area (Å²) in [6.07, 6.45) is 7.08. The summed E-state index contributed by atoms with van der Waals surface area (Å²) < 4.78 is 0. The van der Waals surface area contributed by atoms with E-state index in [1.54, 1.807) is 5.56 Å². The molecule has 0 saturated carbocycles. The van der Waals surface area contributed by atoms with Crippen LogP contribution in [0, 0.1) is 0 Å². The van der Waals surface area contributed by atoms with Crippen LogP contribution in [0.1, 0.15) is 35.1 Å². The van der Waals surface area contributed by atoms with Crippen molar-refractivity contribution in [3.8, 4) is 0 Å². The van der Waals surface area contributed by atoms with E-state index in [0.717, 1.165) is 18.5 Å². The van der Waals surface area contributed by atoms with Crippen molar-refractivity contribution < 1.29 is 4.79 Å². The topological polar surface area (TPSA) is 55.1 Å². The van der Waals surface area contributed by atoms with E-state index in [-0.39, 0.29) is 0 Å². The first-order valence-corrected chi connectivity index (χ1v) is 5.98. The summed E-state index contributed by atoms with van der Waals surface area (Å²) in [7, 11) is 0. The van der Waals surface area contributed by atoms with E-state index in [2.05, 4.69) is 11.4 Å². The summed E-state index contributed by atoms with van der Waals surface area (Å²) >= 11 is 0. The van der Waals surface area contributed by atoms with Gasteiger partial charge in [-0.1, -0.05) is 0 Å². The van der Waals surface area contributed by atoms with Gasteiger partial charge in [0.1, 0.15) is 0 Å². The van der Waals surface area contributed by atoms with Crippen molar-refractivity contribution in [2.45, 2.75) is 38.5 Å². The van der Waals surface area contributed by atoms with Crippen LogP contribution in [-0.2, 0) is 25.7 Å². The normalized spacial score (nSPS) is 17.0. The van der Waals surface area contributed by atoms with Crippen molar-refractivity contribution in [2.24, 2.45) is 5.73 Å². The van der Waals surface area contributed by atoms with Gasteiger partial charge < -0.3 is 11.1 Å². The molecule has 2 aliphatic carbocycles. The van der Waals surface area contributed by atoms with E-state index in [1.807, 2.05) is 0 Å². The van der Waals surface area contributed by atoms with E-state index in [4.69, 9.17) is 5.73 Å². The number of amides is 2. The second-order valence-electron chi connectivity index (χ2n) is 4.72. The number of benzene rings is 1. The Kier molecular flexibility index (Phi) is 2.13. The highest BCUT2D eigenvalue weighted by atomic mass is 16.2. The summed E-state index contributed by atoms with van der Waals surface area (Å²) in [5.41, 5.74) is 12.0. The molecule has 0 aromatic heterocycles. The number of carbonyl (C=O) groups is 1. The Morgan fingerprint density at radius 3 is 2.56 bits per heavy atom. The monoisotopic (exact) mass is 216 g/mol. The third-order valence-electron chi connectivity index (χ3n) is 3.74.